The van der Waals surface area contributed by atoms with Crippen molar-refractivity contribution in [1.29, 1.82) is 0 Å². The normalized spacial score (nSPS) is 10.7. The Bertz CT molecular complexity index is 385. The Kier molecular flexibility index (Phi) is 7.75. The molecule has 0 aliphatic heterocycles. The summed E-state index contributed by atoms with van der Waals surface area (Å²) < 4.78 is 5.51. The first-order chi connectivity index (χ1) is 9.19. The molecule has 1 N–H and O–H groups in total. The average molecular weight is 286 g/mol. The van der Waals surface area contributed by atoms with Gasteiger partial charge in [-0.3, -0.25) is 0 Å². The van der Waals surface area contributed by atoms with Crippen LogP contribution in [0, 0.1) is 6.92 Å². The van der Waals surface area contributed by atoms with E-state index in [1.54, 1.807) is 0 Å². The summed E-state index contributed by atoms with van der Waals surface area (Å²) in [5.41, 5.74) is 0.908. The molecule has 0 aliphatic rings. The predicted molar refractivity (Wildman–Crippen MR) is 80.0 cm³/mol. The van der Waals surface area contributed by atoms with Crippen molar-refractivity contribution in [3.05, 3.63) is 16.5 Å². The van der Waals surface area contributed by atoms with Crippen molar-refractivity contribution in [2.75, 3.05) is 25.1 Å². The molecular weight excluding hydrogens is 262 g/mol. The number of hydrogen-bond acceptors (Lipinski definition) is 4. The number of aryl methyl sites for hydroxylation is 1. The van der Waals surface area contributed by atoms with E-state index >= 15 is 0 Å². The summed E-state index contributed by atoms with van der Waals surface area (Å²) in [4.78, 5) is 8.67. The minimum atomic E-state index is 0.536. The number of anilines is 1. The first kappa shape index (κ1) is 16.2. The van der Waals surface area contributed by atoms with Crippen molar-refractivity contribution in [2.24, 2.45) is 0 Å². The van der Waals surface area contributed by atoms with Crippen molar-refractivity contribution < 1.29 is 4.74 Å². The quantitative estimate of drug-likeness (QED) is 0.556. The Balaban J connectivity index is 2.34. The fourth-order valence-corrected chi connectivity index (χ4v) is 1.78. The van der Waals surface area contributed by atoms with Crippen LogP contribution in [0.4, 0.5) is 5.82 Å². The molecule has 0 aromatic carbocycles. The van der Waals surface area contributed by atoms with Gasteiger partial charge in [-0.2, -0.15) is 0 Å². The van der Waals surface area contributed by atoms with Gasteiger partial charge in [-0.05, 0) is 19.8 Å². The van der Waals surface area contributed by atoms with E-state index in [9.17, 15) is 0 Å². The van der Waals surface area contributed by atoms with Crippen molar-refractivity contribution >= 4 is 17.4 Å². The van der Waals surface area contributed by atoms with E-state index < -0.39 is 0 Å². The zero-order chi connectivity index (χ0) is 14.1. The van der Waals surface area contributed by atoms with Gasteiger partial charge in [0.2, 0.25) is 0 Å². The Hall–Kier alpha value is -0.870. The van der Waals surface area contributed by atoms with E-state index in [-0.39, 0.29) is 0 Å². The summed E-state index contributed by atoms with van der Waals surface area (Å²) in [5, 5.41) is 3.84. The number of hydrogen-bond donors (Lipinski definition) is 1. The lowest BCUT2D eigenvalue weighted by atomic mass is 10.3. The second-order valence-electron chi connectivity index (χ2n) is 4.50. The summed E-state index contributed by atoms with van der Waals surface area (Å²) in [5.74, 6) is 1.61. The molecule has 0 fully saturated rings. The van der Waals surface area contributed by atoms with Gasteiger partial charge in [0.1, 0.15) is 16.8 Å². The van der Waals surface area contributed by atoms with Gasteiger partial charge in [0.15, 0.2) is 0 Å². The van der Waals surface area contributed by atoms with E-state index in [1.165, 1.54) is 6.42 Å². The van der Waals surface area contributed by atoms with Crippen molar-refractivity contribution in [2.45, 2.75) is 46.5 Å². The molecule has 0 saturated carbocycles. The third kappa shape index (κ3) is 5.74. The zero-order valence-electron chi connectivity index (χ0n) is 12.1. The number of halogens is 1. The maximum absolute atomic E-state index is 6.08. The van der Waals surface area contributed by atoms with Crippen molar-refractivity contribution in [3.8, 4) is 0 Å². The zero-order valence-corrected chi connectivity index (χ0v) is 12.9. The molecule has 4 nitrogen and oxygen atoms in total. The van der Waals surface area contributed by atoms with Crippen LogP contribution in [-0.2, 0) is 11.2 Å². The van der Waals surface area contributed by atoms with Crippen LogP contribution in [0.5, 0.6) is 0 Å². The maximum Gasteiger partial charge on any atom is 0.137 e. The Morgan fingerprint density at radius 3 is 2.58 bits per heavy atom. The fraction of sp³-hybridized carbons (Fsp3) is 0.714. The van der Waals surface area contributed by atoms with Gasteiger partial charge in [0.25, 0.3) is 0 Å². The van der Waals surface area contributed by atoms with Gasteiger partial charge < -0.3 is 10.1 Å². The molecule has 19 heavy (non-hydrogen) atoms. The Labute approximate surface area is 120 Å². The SMILES string of the molecule is CCCCOCCCNc1nc(CC)nc(Cl)c1C. The van der Waals surface area contributed by atoms with Gasteiger partial charge in [0, 0.05) is 31.7 Å². The highest BCUT2D eigenvalue weighted by Gasteiger charge is 2.07. The van der Waals surface area contributed by atoms with Crippen LogP contribution in [0.3, 0.4) is 0 Å². The largest absolute Gasteiger partial charge is 0.381 e. The van der Waals surface area contributed by atoms with E-state index in [1.807, 2.05) is 13.8 Å². The summed E-state index contributed by atoms with van der Waals surface area (Å²) in [7, 11) is 0. The lowest BCUT2D eigenvalue weighted by molar-refractivity contribution is 0.131. The molecule has 0 aliphatic carbocycles. The third-order valence-corrected chi connectivity index (χ3v) is 3.22. The van der Waals surface area contributed by atoms with Gasteiger partial charge in [0.05, 0.1) is 0 Å². The molecule has 0 atom stereocenters. The molecule has 0 unspecified atom stereocenters. The second-order valence-corrected chi connectivity index (χ2v) is 4.86. The monoisotopic (exact) mass is 285 g/mol. The second kappa shape index (κ2) is 9.10. The number of nitrogens with zero attached hydrogens (tertiary/aromatic N) is 2. The summed E-state index contributed by atoms with van der Waals surface area (Å²) in [6, 6.07) is 0. The molecule has 0 bridgehead atoms. The Morgan fingerprint density at radius 1 is 1.16 bits per heavy atom. The lowest BCUT2D eigenvalue weighted by Crippen LogP contribution is -2.10. The fourth-order valence-electron chi connectivity index (χ4n) is 1.59. The molecule has 5 heteroatoms. The minimum Gasteiger partial charge on any atom is -0.381 e. The molecule has 1 aromatic rings. The maximum atomic E-state index is 6.08. The van der Waals surface area contributed by atoms with E-state index in [0.29, 0.717) is 5.15 Å². The van der Waals surface area contributed by atoms with E-state index in [4.69, 9.17) is 16.3 Å². The van der Waals surface area contributed by atoms with Crippen LogP contribution in [0.25, 0.3) is 0 Å². The predicted octanol–water partition coefficient (Wildman–Crippen LogP) is 3.62. The van der Waals surface area contributed by atoms with Gasteiger partial charge >= 0.3 is 0 Å². The number of ether oxygens (including phenoxy) is 1. The summed E-state index contributed by atoms with van der Waals surface area (Å²) >= 11 is 6.08. The first-order valence-electron chi connectivity index (χ1n) is 7.03. The van der Waals surface area contributed by atoms with E-state index in [0.717, 1.165) is 56.2 Å². The van der Waals surface area contributed by atoms with Gasteiger partial charge in [-0.25, -0.2) is 9.97 Å². The van der Waals surface area contributed by atoms with Crippen LogP contribution >= 0.6 is 11.6 Å². The minimum absolute atomic E-state index is 0.536. The molecule has 1 aromatic heterocycles. The first-order valence-corrected chi connectivity index (χ1v) is 7.41. The standard InChI is InChI=1S/C14H24ClN3O/c1-4-6-9-19-10-7-8-16-14-11(3)13(15)17-12(5-2)18-14/h4-10H2,1-3H3,(H,16,17,18). The van der Waals surface area contributed by atoms with Crippen LogP contribution in [0.2, 0.25) is 5.15 Å². The van der Waals surface area contributed by atoms with Gasteiger partial charge in [-0.15, -0.1) is 0 Å². The van der Waals surface area contributed by atoms with Crippen molar-refractivity contribution in [1.82, 2.24) is 9.97 Å². The molecular formula is C14H24ClN3O. The molecule has 1 rings (SSSR count). The van der Waals surface area contributed by atoms with Crippen LogP contribution < -0.4 is 5.32 Å². The topological polar surface area (TPSA) is 47.0 Å². The van der Waals surface area contributed by atoms with Crippen LogP contribution in [0.15, 0.2) is 0 Å². The number of rotatable bonds is 9. The van der Waals surface area contributed by atoms with Crippen LogP contribution in [-0.4, -0.2) is 29.7 Å². The average Bonchev–Trinajstić information content (AvgIpc) is 2.42. The smallest absolute Gasteiger partial charge is 0.137 e. The molecule has 0 amide bonds. The number of aromatic nitrogens is 2. The summed E-state index contributed by atoms with van der Waals surface area (Å²) in [6.45, 7) is 8.59. The highest BCUT2D eigenvalue weighted by molar-refractivity contribution is 6.30. The highest BCUT2D eigenvalue weighted by atomic mass is 35.5. The van der Waals surface area contributed by atoms with Gasteiger partial charge in [-0.1, -0.05) is 31.9 Å². The van der Waals surface area contributed by atoms with Crippen LogP contribution in [0.1, 0.15) is 44.5 Å². The summed E-state index contributed by atoms with van der Waals surface area (Å²) in [6.07, 6.45) is 4.06. The Morgan fingerprint density at radius 2 is 1.89 bits per heavy atom. The molecule has 1 heterocycles. The number of unbranched alkanes of at least 4 members (excludes halogenated alkanes) is 1. The van der Waals surface area contributed by atoms with Crippen molar-refractivity contribution in [3.63, 3.8) is 0 Å². The molecule has 0 saturated heterocycles. The number of nitrogens with one attached hydrogen (secondary N) is 1. The molecule has 108 valence electrons. The molecule has 0 radical (unpaired) electrons. The highest BCUT2D eigenvalue weighted by Crippen LogP contribution is 2.19. The van der Waals surface area contributed by atoms with E-state index in [2.05, 4.69) is 22.2 Å². The molecule has 0 spiro atoms. The lowest BCUT2D eigenvalue weighted by Gasteiger charge is -2.11. The third-order valence-electron chi connectivity index (χ3n) is 2.85.